The van der Waals surface area contributed by atoms with Crippen LogP contribution in [0.4, 0.5) is 4.39 Å². The van der Waals surface area contributed by atoms with E-state index in [4.69, 9.17) is 4.52 Å². The van der Waals surface area contributed by atoms with Gasteiger partial charge < -0.3 is 14.7 Å². The molecule has 0 radical (unpaired) electrons. The Morgan fingerprint density at radius 2 is 2.14 bits per heavy atom. The van der Waals surface area contributed by atoms with Crippen LogP contribution in [0.15, 0.2) is 53.3 Å². The third kappa shape index (κ3) is 4.07. The Kier molecular flexibility index (Phi) is 5.38. The number of carbonyl (C=O) groups is 1. The number of aromatic nitrogens is 3. The number of nitrogens with one attached hydrogen (secondary N) is 1. The molecule has 2 aromatic heterocycles. The van der Waals surface area contributed by atoms with E-state index >= 15 is 0 Å². The van der Waals surface area contributed by atoms with Crippen LogP contribution in [-0.4, -0.2) is 45.6 Å². The second-order valence-electron chi connectivity index (χ2n) is 6.61. The van der Waals surface area contributed by atoms with Gasteiger partial charge in [0.25, 0.3) is 0 Å². The van der Waals surface area contributed by atoms with E-state index in [0.29, 0.717) is 37.8 Å². The molecule has 1 aliphatic heterocycles. The fourth-order valence-corrected chi connectivity index (χ4v) is 3.35. The highest BCUT2D eigenvalue weighted by Gasteiger charge is 2.28. The van der Waals surface area contributed by atoms with E-state index in [-0.39, 0.29) is 24.2 Å². The normalized spacial score (nSPS) is 16.9. The van der Waals surface area contributed by atoms with Crippen LogP contribution < -0.4 is 5.32 Å². The van der Waals surface area contributed by atoms with Gasteiger partial charge in [-0.15, -0.1) is 0 Å². The maximum atomic E-state index is 13.6. The lowest BCUT2D eigenvalue weighted by Crippen LogP contribution is -2.48. The number of amides is 1. The quantitative estimate of drug-likeness (QED) is 0.731. The van der Waals surface area contributed by atoms with Crippen molar-refractivity contribution >= 4 is 5.91 Å². The Bertz CT molecular complexity index is 947. The highest BCUT2D eigenvalue weighted by atomic mass is 19.1. The summed E-state index contributed by atoms with van der Waals surface area (Å²) in [6.45, 7) is 1.89. The molecule has 7 nitrogen and oxygen atoms in total. The van der Waals surface area contributed by atoms with Gasteiger partial charge in [-0.05, 0) is 29.8 Å². The molecule has 4 rings (SSSR count). The summed E-state index contributed by atoms with van der Waals surface area (Å²) < 4.78 is 18.9. The van der Waals surface area contributed by atoms with E-state index in [1.807, 2.05) is 6.07 Å². The van der Waals surface area contributed by atoms with Crippen LogP contribution in [0.2, 0.25) is 0 Å². The zero-order valence-corrected chi connectivity index (χ0v) is 15.2. The molecule has 1 fully saturated rings. The Morgan fingerprint density at radius 3 is 2.96 bits per heavy atom. The Balaban J connectivity index is 1.42. The number of piperazine rings is 1. The van der Waals surface area contributed by atoms with Crippen molar-refractivity contribution in [3.05, 3.63) is 66.1 Å². The van der Waals surface area contributed by atoms with Crippen molar-refractivity contribution in [2.75, 3.05) is 19.6 Å². The molecule has 1 saturated heterocycles. The average Bonchev–Trinajstić information content (AvgIpc) is 3.22. The van der Waals surface area contributed by atoms with Crippen LogP contribution in [0.3, 0.4) is 0 Å². The molecule has 144 valence electrons. The fraction of sp³-hybridized carbons (Fsp3) is 0.300. The minimum Gasteiger partial charge on any atom is -0.339 e. The summed E-state index contributed by atoms with van der Waals surface area (Å²) in [5.74, 6) is 0.576. The van der Waals surface area contributed by atoms with Gasteiger partial charge in [-0.2, -0.15) is 4.98 Å². The van der Waals surface area contributed by atoms with Gasteiger partial charge in [0.15, 0.2) is 0 Å². The van der Waals surface area contributed by atoms with E-state index in [2.05, 4.69) is 20.4 Å². The van der Waals surface area contributed by atoms with Gasteiger partial charge in [0, 0.05) is 50.4 Å². The molecule has 0 bridgehead atoms. The van der Waals surface area contributed by atoms with E-state index < -0.39 is 0 Å². The molecule has 1 atom stereocenters. The van der Waals surface area contributed by atoms with Crippen molar-refractivity contribution in [3.63, 3.8) is 0 Å². The number of halogens is 1. The zero-order valence-electron chi connectivity index (χ0n) is 15.2. The predicted octanol–water partition coefficient (Wildman–Crippen LogP) is 2.38. The molecule has 1 aromatic carbocycles. The van der Waals surface area contributed by atoms with Gasteiger partial charge in [-0.1, -0.05) is 17.3 Å². The molecule has 1 amide bonds. The largest absolute Gasteiger partial charge is 0.339 e. The fourth-order valence-electron chi connectivity index (χ4n) is 3.35. The molecule has 0 spiro atoms. The van der Waals surface area contributed by atoms with Crippen LogP contribution >= 0.6 is 0 Å². The molecule has 1 aliphatic rings. The summed E-state index contributed by atoms with van der Waals surface area (Å²) in [5, 5.41) is 7.23. The first-order valence-electron chi connectivity index (χ1n) is 9.19. The third-order valence-electron chi connectivity index (χ3n) is 4.76. The van der Waals surface area contributed by atoms with Gasteiger partial charge >= 0.3 is 0 Å². The topological polar surface area (TPSA) is 84.1 Å². The molecule has 3 aromatic rings. The smallest absolute Gasteiger partial charge is 0.227 e. The first-order valence-corrected chi connectivity index (χ1v) is 9.19. The number of rotatable bonds is 5. The first-order chi connectivity index (χ1) is 13.7. The lowest BCUT2D eigenvalue weighted by molar-refractivity contribution is -0.134. The Hall–Kier alpha value is -3.13. The maximum absolute atomic E-state index is 13.6. The highest BCUT2D eigenvalue weighted by molar-refractivity contribution is 5.77. The van der Waals surface area contributed by atoms with Crippen molar-refractivity contribution in [3.8, 4) is 11.4 Å². The summed E-state index contributed by atoms with van der Waals surface area (Å²) >= 11 is 0. The van der Waals surface area contributed by atoms with Gasteiger partial charge in [0.05, 0.1) is 6.04 Å². The number of hydrogen-bond donors (Lipinski definition) is 1. The Morgan fingerprint density at radius 1 is 1.29 bits per heavy atom. The second-order valence-corrected chi connectivity index (χ2v) is 6.61. The zero-order chi connectivity index (χ0) is 19.3. The first kappa shape index (κ1) is 18.2. The number of carbonyl (C=O) groups excluding carboxylic acids is 1. The molecule has 28 heavy (non-hydrogen) atoms. The van der Waals surface area contributed by atoms with Crippen LogP contribution in [0.25, 0.3) is 11.4 Å². The number of pyridine rings is 1. The Labute approximate surface area is 161 Å². The molecular formula is C20H20FN5O2. The van der Waals surface area contributed by atoms with Gasteiger partial charge in [-0.25, -0.2) is 4.39 Å². The SMILES string of the molecule is O=C(CCc1nc(-c2ccncc2)no1)N1CCNCC1c1cccc(F)c1. The van der Waals surface area contributed by atoms with Crippen molar-refractivity contribution in [1.29, 1.82) is 0 Å². The van der Waals surface area contributed by atoms with E-state index in [1.165, 1.54) is 12.1 Å². The molecule has 8 heteroatoms. The number of nitrogens with zero attached hydrogens (tertiary/aromatic N) is 4. The predicted molar refractivity (Wildman–Crippen MR) is 99.6 cm³/mol. The lowest BCUT2D eigenvalue weighted by atomic mass is 10.0. The molecule has 1 unspecified atom stereocenters. The number of hydrogen-bond acceptors (Lipinski definition) is 6. The molecule has 3 heterocycles. The molecule has 0 saturated carbocycles. The minimum atomic E-state index is -0.301. The molecular weight excluding hydrogens is 361 g/mol. The summed E-state index contributed by atoms with van der Waals surface area (Å²) in [7, 11) is 0. The van der Waals surface area contributed by atoms with Crippen molar-refractivity contribution in [2.24, 2.45) is 0 Å². The average molecular weight is 381 g/mol. The second kappa shape index (κ2) is 8.26. The van der Waals surface area contributed by atoms with Crippen molar-refractivity contribution < 1.29 is 13.7 Å². The summed E-state index contributed by atoms with van der Waals surface area (Å²) in [6.07, 6.45) is 3.93. The molecule has 1 N–H and O–H groups in total. The van der Waals surface area contributed by atoms with E-state index in [1.54, 1.807) is 35.5 Å². The third-order valence-corrected chi connectivity index (χ3v) is 4.76. The van der Waals surface area contributed by atoms with Crippen LogP contribution in [-0.2, 0) is 11.2 Å². The van der Waals surface area contributed by atoms with E-state index in [9.17, 15) is 9.18 Å². The number of benzene rings is 1. The maximum Gasteiger partial charge on any atom is 0.227 e. The lowest BCUT2D eigenvalue weighted by Gasteiger charge is -2.36. The standard InChI is InChI=1S/C20H20FN5O2/c21-16-3-1-2-15(12-16)17-13-23-10-11-26(17)19(27)5-4-18-24-20(25-28-18)14-6-8-22-9-7-14/h1-3,6-9,12,17,23H,4-5,10-11,13H2. The van der Waals surface area contributed by atoms with Gasteiger partial charge in [0.1, 0.15) is 5.82 Å². The van der Waals surface area contributed by atoms with Crippen LogP contribution in [0.1, 0.15) is 23.9 Å². The summed E-state index contributed by atoms with van der Waals surface area (Å²) in [6, 6.07) is 9.81. The highest BCUT2D eigenvalue weighted by Crippen LogP contribution is 2.24. The summed E-state index contributed by atoms with van der Waals surface area (Å²) in [5.41, 5.74) is 1.60. The van der Waals surface area contributed by atoms with Crippen molar-refractivity contribution in [1.82, 2.24) is 25.3 Å². The van der Waals surface area contributed by atoms with Gasteiger partial charge in [-0.3, -0.25) is 9.78 Å². The van der Waals surface area contributed by atoms with Crippen molar-refractivity contribution in [2.45, 2.75) is 18.9 Å². The molecule has 0 aliphatic carbocycles. The van der Waals surface area contributed by atoms with Crippen LogP contribution in [0.5, 0.6) is 0 Å². The van der Waals surface area contributed by atoms with Gasteiger partial charge in [0.2, 0.25) is 17.6 Å². The minimum absolute atomic E-state index is 0.0144. The van der Waals surface area contributed by atoms with E-state index in [0.717, 1.165) is 11.1 Å². The number of aryl methyl sites for hydroxylation is 1. The monoisotopic (exact) mass is 381 g/mol. The summed E-state index contributed by atoms with van der Waals surface area (Å²) in [4.78, 5) is 22.9. The van der Waals surface area contributed by atoms with Crippen LogP contribution in [0, 0.1) is 5.82 Å².